The molecule has 0 rings (SSSR count). The lowest BCUT2D eigenvalue weighted by Gasteiger charge is -2.24. The molecular weight excluding hydrogens is 188 g/mol. The number of nitrogens with two attached hydrogens (primary N) is 1. The van der Waals surface area contributed by atoms with Crippen LogP contribution in [0.5, 0.6) is 0 Å². The van der Waals surface area contributed by atoms with Gasteiger partial charge >= 0.3 is 0 Å². The quantitative estimate of drug-likeness (QED) is 0.608. The zero-order valence-electron chi connectivity index (χ0n) is 10.4. The van der Waals surface area contributed by atoms with E-state index in [1.54, 1.807) is 0 Å². The number of rotatable bonds is 8. The number of unbranched alkanes of at least 4 members (excludes halogenated alkanes) is 2. The molecule has 0 unspecified atom stereocenters. The van der Waals surface area contributed by atoms with Crippen molar-refractivity contribution in [3.63, 3.8) is 0 Å². The van der Waals surface area contributed by atoms with E-state index in [1.165, 1.54) is 25.7 Å². The van der Waals surface area contributed by atoms with Crippen LogP contribution in [0.25, 0.3) is 0 Å². The van der Waals surface area contributed by atoms with Crippen LogP contribution in [0.1, 0.15) is 52.9 Å². The molecule has 0 aromatic rings. The fourth-order valence-corrected chi connectivity index (χ4v) is 1.50. The molecule has 3 heteroatoms. The molecule has 0 saturated carbocycles. The normalized spacial score (nSPS) is 11.5. The molecule has 0 aromatic carbocycles. The van der Waals surface area contributed by atoms with E-state index < -0.39 is 0 Å². The van der Waals surface area contributed by atoms with E-state index in [9.17, 15) is 4.79 Å². The van der Waals surface area contributed by atoms with Crippen molar-refractivity contribution in [3.05, 3.63) is 0 Å². The van der Waals surface area contributed by atoms with Gasteiger partial charge in [-0.25, -0.2) is 0 Å². The maximum absolute atomic E-state index is 11.2. The third-order valence-corrected chi connectivity index (χ3v) is 2.59. The highest BCUT2D eigenvalue weighted by Gasteiger charge is 2.17. The lowest BCUT2D eigenvalue weighted by atomic mass is 9.87. The van der Waals surface area contributed by atoms with Gasteiger partial charge in [0.15, 0.2) is 0 Å². The van der Waals surface area contributed by atoms with E-state index in [1.807, 2.05) is 0 Å². The van der Waals surface area contributed by atoms with Gasteiger partial charge in [0.05, 0.1) is 0 Å². The van der Waals surface area contributed by atoms with Crippen molar-refractivity contribution in [2.45, 2.75) is 52.9 Å². The van der Waals surface area contributed by atoms with Gasteiger partial charge in [-0.1, -0.05) is 40.0 Å². The molecule has 90 valence electrons. The van der Waals surface area contributed by atoms with E-state index in [2.05, 4.69) is 26.1 Å². The standard InChI is InChI=1S/C12H26N2O/c1-4-5-6-8-12(2,3)10-14-11(15)7-9-13/h4-10,13H2,1-3H3,(H,14,15). The second kappa shape index (κ2) is 7.69. The highest BCUT2D eigenvalue weighted by molar-refractivity contribution is 5.76. The highest BCUT2D eigenvalue weighted by Crippen LogP contribution is 2.22. The Morgan fingerprint density at radius 2 is 2.00 bits per heavy atom. The second-order valence-electron chi connectivity index (χ2n) is 4.94. The fraction of sp³-hybridized carbons (Fsp3) is 0.917. The SMILES string of the molecule is CCCCCC(C)(C)CNC(=O)CCN. The molecule has 0 aliphatic rings. The summed E-state index contributed by atoms with van der Waals surface area (Å²) in [4.78, 5) is 11.2. The van der Waals surface area contributed by atoms with Gasteiger partial charge in [-0.15, -0.1) is 0 Å². The molecule has 0 saturated heterocycles. The van der Waals surface area contributed by atoms with Gasteiger partial charge in [-0.05, 0) is 11.8 Å². The van der Waals surface area contributed by atoms with Gasteiger partial charge < -0.3 is 11.1 Å². The summed E-state index contributed by atoms with van der Waals surface area (Å²) in [7, 11) is 0. The zero-order chi connectivity index (χ0) is 11.7. The molecular formula is C12H26N2O. The van der Waals surface area contributed by atoms with Crippen LogP contribution in [-0.4, -0.2) is 19.0 Å². The maximum atomic E-state index is 11.2. The molecule has 0 aromatic heterocycles. The molecule has 3 nitrogen and oxygen atoms in total. The van der Waals surface area contributed by atoms with Crippen molar-refractivity contribution in [3.8, 4) is 0 Å². The minimum Gasteiger partial charge on any atom is -0.356 e. The minimum absolute atomic E-state index is 0.0704. The van der Waals surface area contributed by atoms with Crippen LogP contribution in [0.15, 0.2) is 0 Å². The van der Waals surface area contributed by atoms with Gasteiger partial charge in [0.1, 0.15) is 0 Å². The molecule has 15 heavy (non-hydrogen) atoms. The molecule has 3 N–H and O–H groups in total. The Kier molecular flexibility index (Phi) is 7.39. The lowest BCUT2D eigenvalue weighted by Crippen LogP contribution is -2.34. The van der Waals surface area contributed by atoms with Crippen molar-refractivity contribution >= 4 is 5.91 Å². The minimum atomic E-state index is 0.0704. The molecule has 0 aliphatic carbocycles. The summed E-state index contributed by atoms with van der Waals surface area (Å²) in [6.45, 7) is 7.80. The number of carbonyl (C=O) groups excluding carboxylic acids is 1. The van der Waals surface area contributed by atoms with E-state index >= 15 is 0 Å². The predicted molar refractivity (Wildman–Crippen MR) is 64.6 cm³/mol. The summed E-state index contributed by atoms with van der Waals surface area (Å²) < 4.78 is 0. The first kappa shape index (κ1) is 14.4. The molecule has 1 amide bonds. The van der Waals surface area contributed by atoms with E-state index in [0.717, 1.165) is 6.54 Å². The fourth-order valence-electron chi connectivity index (χ4n) is 1.50. The van der Waals surface area contributed by atoms with Crippen LogP contribution in [0.2, 0.25) is 0 Å². The number of nitrogens with one attached hydrogen (secondary N) is 1. The van der Waals surface area contributed by atoms with Gasteiger partial charge in [-0.2, -0.15) is 0 Å². The Morgan fingerprint density at radius 3 is 2.53 bits per heavy atom. The monoisotopic (exact) mass is 214 g/mol. The van der Waals surface area contributed by atoms with E-state index in [4.69, 9.17) is 5.73 Å². The van der Waals surface area contributed by atoms with E-state index in [-0.39, 0.29) is 11.3 Å². The van der Waals surface area contributed by atoms with Crippen LogP contribution in [-0.2, 0) is 4.79 Å². The van der Waals surface area contributed by atoms with Crippen LogP contribution in [0.4, 0.5) is 0 Å². The molecule has 0 heterocycles. The molecule has 0 radical (unpaired) electrons. The van der Waals surface area contributed by atoms with Crippen molar-refractivity contribution < 1.29 is 4.79 Å². The third-order valence-electron chi connectivity index (χ3n) is 2.59. The molecule has 0 spiro atoms. The van der Waals surface area contributed by atoms with Gasteiger partial charge in [0.25, 0.3) is 0 Å². The first-order valence-corrected chi connectivity index (χ1v) is 5.98. The average molecular weight is 214 g/mol. The first-order valence-electron chi connectivity index (χ1n) is 5.98. The summed E-state index contributed by atoms with van der Waals surface area (Å²) >= 11 is 0. The highest BCUT2D eigenvalue weighted by atomic mass is 16.1. The van der Waals surface area contributed by atoms with Crippen LogP contribution >= 0.6 is 0 Å². The predicted octanol–water partition coefficient (Wildman–Crippen LogP) is 2.06. The first-order chi connectivity index (χ1) is 7.02. The largest absolute Gasteiger partial charge is 0.356 e. The number of amides is 1. The van der Waals surface area contributed by atoms with Crippen LogP contribution in [0.3, 0.4) is 0 Å². The summed E-state index contributed by atoms with van der Waals surface area (Å²) in [6, 6.07) is 0. The van der Waals surface area contributed by atoms with Gasteiger partial charge in [-0.3, -0.25) is 4.79 Å². The Balaban J connectivity index is 3.67. The Hall–Kier alpha value is -0.570. The van der Waals surface area contributed by atoms with Crippen molar-refractivity contribution in [1.29, 1.82) is 0 Å². The van der Waals surface area contributed by atoms with Crippen molar-refractivity contribution in [2.24, 2.45) is 11.1 Å². The summed E-state index contributed by atoms with van der Waals surface area (Å²) in [6.07, 6.45) is 5.38. The molecule has 0 fully saturated rings. The Bertz CT molecular complexity index is 178. The molecule has 0 atom stereocenters. The Labute approximate surface area is 93.8 Å². The number of hydrogen-bond acceptors (Lipinski definition) is 2. The molecule has 0 bridgehead atoms. The zero-order valence-corrected chi connectivity index (χ0v) is 10.4. The second-order valence-corrected chi connectivity index (χ2v) is 4.94. The van der Waals surface area contributed by atoms with Crippen LogP contribution < -0.4 is 11.1 Å². The topological polar surface area (TPSA) is 55.1 Å². The summed E-state index contributed by atoms with van der Waals surface area (Å²) in [5.41, 5.74) is 5.51. The van der Waals surface area contributed by atoms with Crippen molar-refractivity contribution in [2.75, 3.05) is 13.1 Å². The lowest BCUT2D eigenvalue weighted by molar-refractivity contribution is -0.121. The van der Waals surface area contributed by atoms with E-state index in [0.29, 0.717) is 13.0 Å². The Morgan fingerprint density at radius 1 is 1.33 bits per heavy atom. The van der Waals surface area contributed by atoms with Gasteiger partial charge in [0.2, 0.25) is 5.91 Å². The maximum Gasteiger partial charge on any atom is 0.221 e. The third kappa shape index (κ3) is 8.43. The molecule has 0 aliphatic heterocycles. The number of carbonyl (C=O) groups is 1. The van der Waals surface area contributed by atoms with Crippen LogP contribution in [0, 0.1) is 5.41 Å². The van der Waals surface area contributed by atoms with Crippen molar-refractivity contribution in [1.82, 2.24) is 5.32 Å². The smallest absolute Gasteiger partial charge is 0.221 e. The average Bonchev–Trinajstić information content (AvgIpc) is 2.16. The summed E-state index contributed by atoms with van der Waals surface area (Å²) in [5.74, 6) is 0.0704. The van der Waals surface area contributed by atoms with Gasteiger partial charge in [0, 0.05) is 19.5 Å². The number of hydrogen-bond donors (Lipinski definition) is 2. The summed E-state index contributed by atoms with van der Waals surface area (Å²) in [5, 5.41) is 2.93.